The number of aryl methyl sites for hydroxylation is 1. The summed E-state index contributed by atoms with van der Waals surface area (Å²) < 4.78 is 7.67. The van der Waals surface area contributed by atoms with Crippen LogP contribution in [0, 0.1) is 5.92 Å². The third-order valence-corrected chi connectivity index (χ3v) is 4.36. The van der Waals surface area contributed by atoms with Crippen LogP contribution in [-0.4, -0.2) is 81.1 Å². The minimum atomic E-state index is -0.766. The van der Waals surface area contributed by atoms with Gasteiger partial charge in [-0.15, -0.1) is 0 Å². The first kappa shape index (κ1) is 15.4. The molecule has 0 saturated carbocycles. The fraction of sp³-hybridized carbons (Fsp3) is 0.786. The van der Waals surface area contributed by atoms with Gasteiger partial charge in [-0.3, -0.25) is 14.6 Å². The Kier molecular flexibility index (Phi) is 4.70. The molecule has 2 aliphatic heterocycles. The zero-order valence-electron chi connectivity index (χ0n) is 12.9. The van der Waals surface area contributed by atoms with Crippen molar-refractivity contribution in [1.29, 1.82) is 0 Å². The number of carboxylic acids is 1. The molecule has 1 aromatic heterocycles. The summed E-state index contributed by atoms with van der Waals surface area (Å²) in [7, 11) is 0. The van der Waals surface area contributed by atoms with E-state index in [2.05, 4.69) is 21.9 Å². The molecule has 2 fully saturated rings. The van der Waals surface area contributed by atoms with Gasteiger partial charge in [0.05, 0.1) is 26.3 Å². The molecule has 1 aromatic rings. The highest BCUT2D eigenvalue weighted by atomic mass is 16.5. The highest BCUT2D eigenvalue weighted by Crippen LogP contribution is 2.21. The van der Waals surface area contributed by atoms with E-state index in [1.54, 1.807) is 6.33 Å². The van der Waals surface area contributed by atoms with E-state index in [1.165, 1.54) is 0 Å². The third-order valence-electron chi connectivity index (χ3n) is 4.36. The molecular formula is C14H23N5O3. The Balaban J connectivity index is 1.73. The fourth-order valence-electron chi connectivity index (χ4n) is 3.40. The summed E-state index contributed by atoms with van der Waals surface area (Å²) in [6, 6.07) is 0.203. The largest absolute Gasteiger partial charge is 0.480 e. The van der Waals surface area contributed by atoms with E-state index < -0.39 is 5.97 Å². The van der Waals surface area contributed by atoms with Crippen molar-refractivity contribution >= 4 is 5.97 Å². The van der Waals surface area contributed by atoms with Crippen LogP contribution < -0.4 is 0 Å². The Labute approximate surface area is 129 Å². The molecule has 2 atom stereocenters. The third kappa shape index (κ3) is 3.45. The maximum atomic E-state index is 11.0. The van der Waals surface area contributed by atoms with Crippen molar-refractivity contribution < 1.29 is 14.6 Å². The van der Waals surface area contributed by atoms with Gasteiger partial charge in [-0.25, -0.2) is 9.67 Å². The first-order valence-electron chi connectivity index (χ1n) is 7.78. The predicted molar refractivity (Wildman–Crippen MR) is 78.3 cm³/mol. The standard InChI is InChI=1S/C14H23N5O3/c1-2-19-13(15-10-16-19)6-18-4-11-3-17(7-14(20)21)5-12(18)9-22-8-11/h10-12H,2-9H2,1H3,(H,20,21)/t11-,12-/m0/s1. The fourth-order valence-corrected chi connectivity index (χ4v) is 3.40. The molecule has 1 N–H and O–H groups in total. The molecule has 3 heterocycles. The number of ether oxygens (including phenoxy) is 1. The van der Waals surface area contributed by atoms with Crippen LogP contribution in [0.5, 0.6) is 0 Å². The van der Waals surface area contributed by atoms with Gasteiger partial charge in [0.2, 0.25) is 0 Å². The molecule has 8 heteroatoms. The van der Waals surface area contributed by atoms with E-state index in [-0.39, 0.29) is 12.6 Å². The summed E-state index contributed by atoms with van der Waals surface area (Å²) in [5.74, 6) is 0.530. The SMILES string of the molecule is CCn1ncnc1CN1C[C@H]2COC[C@@H]1CN(CC(=O)O)C2. The number of carboxylic acid groups (broad SMARTS) is 1. The summed E-state index contributed by atoms with van der Waals surface area (Å²) in [6.07, 6.45) is 1.59. The second-order valence-corrected chi connectivity index (χ2v) is 6.07. The second kappa shape index (κ2) is 6.72. The van der Waals surface area contributed by atoms with E-state index in [0.717, 1.165) is 38.5 Å². The van der Waals surface area contributed by atoms with Gasteiger partial charge in [0.25, 0.3) is 0 Å². The quantitative estimate of drug-likeness (QED) is 0.786. The van der Waals surface area contributed by atoms with Gasteiger partial charge in [-0.2, -0.15) is 5.10 Å². The number of aromatic nitrogens is 3. The van der Waals surface area contributed by atoms with Crippen LogP contribution in [0.25, 0.3) is 0 Å². The average Bonchev–Trinajstić information content (AvgIpc) is 2.73. The molecule has 8 nitrogen and oxygen atoms in total. The average molecular weight is 309 g/mol. The number of hydrogen-bond donors (Lipinski definition) is 1. The molecule has 22 heavy (non-hydrogen) atoms. The topological polar surface area (TPSA) is 83.7 Å². The molecule has 0 aromatic carbocycles. The van der Waals surface area contributed by atoms with Gasteiger partial charge in [0, 0.05) is 38.1 Å². The summed E-state index contributed by atoms with van der Waals surface area (Å²) >= 11 is 0. The number of carbonyl (C=O) groups is 1. The molecular weight excluding hydrogens is 286 g/mol. The van der Waals surface area contributed by atoms with Gasteiger partial charge in [-0.05, 0) is 6.92 Å². The molecule has 0 aliphatic carbocycles. The smallest absolute Gasteiger partial charge is 0.317 e. The lowest BCUT2D eigenvalue weighted by Gasteiger charge is -2.30. The van der Waals surface area contributed by atoms with Crippen molar-refractivity contribution in [2.24, 2.45) is 5.92 Å². The molecule has 0 amide bonds. The van der Waals surface area contributed by atoms with Gasteiger partial charge < -0.3 is 9.84 Å². The molecule has 0 radical (unpaired) electrons. The molecule has 0 spiro atoms. The number of nitrogens with zero attached hydrogens (tertiary/aromatic N) is 5. The maximum absolute atomic E-state index is 11.0. The Hall–Kier alpha value is -1.51. The second-order valence-electron chi connectivity index (χ2n) is 6.07. The van der Waals surface area contributed by atoms with Crippen LogP contribution in [0.4, 0.5) is 0 Å². The van der Waals surface area contributed by atoms with Gasteiger partial charge in [-0.1, -0.05) is 0 Å². The predicted octanol–water partition coefficient (Wildman–Crippen LogP) is -0.485. The normalized spacial score (nSPS) is 26.8. The highest BCUT2D eigenvalue weighted by molar-refractivity contribution is 5.69. The Morgan fingerprint density at radius 3 is 3.05 bits per heavy atom. The maximum Gasteiger partial charge on any atom is 0.317 e. The lowest BCUT2D eigenvalue weighted by Crippen LogP contribution is -2.45. The molecule has 3 rings (SSSR count). The van der Waals surface area contributed by atoms with Crippen molar-refractivity contribution in [3.05, 3.63) is 12.2 Å². The Bertz CT molecular complexity index is 520. The highest BCUT2D eigenvalue weighted by Gasteiger charge is 2.34. The van der Waals surface area contributed by atoms with Crippen LogP contribution in [0.2, 0.25) is 0 Å². The number of hydrogen-bond acceptors (Lipinski definition) is 6. The van der Waals surface area contributed by atoms with Crippen LogP contribution >= 0.6 is 0 Å². The van der Waals surface area contributed by atoms with E-state index >= 15 is 0 Å². The van der Waals surface area contributed by atoms with Crippen molar-refractivity contribution in [2.75, 3.05) is 39.4 Å². The van der Waals surface area contributed by atoms with Crippen molar-refractivity contribution in [2.45, 2.75) is 26.1 Å². The lowest BCUT2D eigenvalue weighted by atomic mass is 10.1. The minimum Gasteiger partial charge on any atom is -0.480 e. The molecule has 2 bridgehead atoms. The monoisotopic (exact) mass is 309 g/mol. The van der Waals surface area contributed by atoms with Crippen molar-refractivity contribution in [1.82, 2.24) is 24.6 Å². The molecule has 0 unspecified atom stereocenters. The first-order chi connectivity index (χ1) is 10.7. The number of aliphatic carboxylic acids is 1. The van der Waals surface area contributed by atoms with Gasteiger partial charge >= 0.3 is 5.97 Å². The number of fused-ring (bicyclic) bond motifs is 3. The van der Waals surface area contributed by atoms with E-state index in [0.29, 0.717) is 19.1 Å². The van der Waals surface area contributed by atoms with Crippen molar-refractivity contribution in [3.8, 4) is 0 Å². The summed E-state index contributed by atoms with van der Waals surface area (Å²) in [5.41, 5.74) is 0. The molecule has 122 valence electrons. The first-order valence-corrected chi connectivity index (χ1v) is 7.78. The Morgan fingerprint density at radius 1 is 1.41 bits per heavy atom. The van der Waals surface area contributed by atoms with E-state index in [1.807, 2.05) is 9.58 Å². The summed E-state index contributed by atoms with van der Waals surface area (Å²) in [4.78, 5) is 19.8. The summed E-state index contributed by atoms with van der Waals surface area (Å²) in [5, 5.41) is 13.3. The van der Waals surface area contributed by atoms with Crippen LogP contribution in [0.3, 0.4) is 0 Å². The van der Waals surface area contributed by atoms with E-state index in [4.69, 9.17) is 9.84 Å². The van der Waals surface area contributed by atoms with Crippen LogP contribution in [0.1, 0.15) is 12.7 Å². The Morgan fingerprint density at radius 2 is 2.27 bits per heavy atom. The van der Waals surface area contributed by atoms with Gasteiger partial charge in [0.15, 0.2) is 0 Å². The molecule has 2 saturated heterocycles. The zero-order chi connectivity index (χ0) is 15.5. The zero-order valence-corrected chi connectivity index (χ0v) is 12.9. The lowest BCUT2D eigenvalue weighted by molar-refractivity contribution is -0.138. The van der Waals surface area contributed by atoms with Gasteiger partial charge in [0.1, 0.15) is 12.2 Å². The van der Waals surface area contributed by atoms with Crippen LogP contribution in [-0.2, 0) is 22.6 Å². The summed E-state index contributed by atoms with van der Waals surface area (Å²) in [6.45, 7) is 7.46. The van der Waals surface area contributed by atoms with Crippen molar-refractivity contribution in [3.63, 3.8) is 0 Å². The van der Waals surface area contributed by atoms with E-state index in [9.17, 15) is 4.79 Å². The minimum absolute atomic E-state index is 0.103. The van der Waals surface area contributed by atoms with Crippen LogP contribution in [0.15, 0.2) is 6.33 Å². The number of rotatable bonds is 5. The molecule has 2 aliphatic rings.